The fourth-order valence-electron chi connectivity index (χ4n) is 2.92. The third kappa shape index (κ3) is 3.35. The first kappa shape index (κ1) is 15.8. The molecule has 0 N–H and O–H groups in total. The fraction of sp³-hybridized carbons (Fsp3) is 0.533. The first-order valence-electron chi connectivity index (χ1n) is 7.17. The Bertz CT molecular complexity index is 548. The summed E-state index contributed by atoms with van der Waals surface area (Å²) in [4.78, 5) is 25.1. The second kappa shape index (κ2) is 6.89. The molecule has 5 nitrogen and oxygen atoms in total. The molecule has 1 atom stereocenters. The van der Waals surface area contributed by atoms with Crippen molar-refractivity contribution in [1.82, 2.24) is 4.90 Å². The average Bonchev–Trinajstić information content (AvgIpc) is 2.92. The smallest absolute Gasteiger partial charge is 0.273 e. The van der Waals surface area contributed by atoms with Crippen molar-refractivity contribution >= 4 is 23.2 Å². The van der Waals surface area contributed by atoms with E-state index in [0.717, 1.165) is 25.7 Å². The highest BCUT2D eigenvalue weighted by atomic mass is 35.5. The van der Waals surface area contributed by atoms with E-state index in [0.29, 0.717) is 23.6 Å². The Morgan fingerprint density at radius 1 is 1.52 bits per heavy atom. The molecule has 21 heavy (non-hydrogen) atoms. The number of alkyl halides is 1. The molecule has 1 saturated heterocycles. The Labute approximate surface area is 129 Å². The maximum Gasteiger partial charge on any atom is 0.273 e. The van der Waals surface area contributed by atoms with Crippen molar-refractivity contribution in [2.45, 2.75) is 38.6 Å². The molecule has 1 fully saturated rings. The van der Waals surface area contributed by atoms with E-state index in [1.807, 2.05) is 4.90 Å². The van der Waals surface area contributed by atoms with Gasteiger partial charge in [0, 0.05) is 35.7 Å². The van der Waals surface area contributed by atoms with Gasteiger partial charge in [0.1, 0.15) is 0 Å². The van der Waals surface area contributed by atoms with E-state index >= 15 is 0 Å². The number of hydrogen-bond donors (Lipinski definition) is 0. The molecule has 0 aromatic heterocycles. The van der Waals surface area contributed by atoms with Crippen molar-refractivity contribution < 1.29 is 9.72 Å². The van der Waals surface area contributed by atoms with E-state index in [9.17, 15) is 14.9 Å². The Kier molecular flexibility index (Phi) is 5.17. The van der Waals surface area contributed by atoms with Gasteiger partial charge >= 0.3 is 0 Å². The molecule has 0 aliphatic carbocycles. The number of nitrogens with zero attached hydrogens (tertiary/aromatic N) is 2. The molecule has 2 rings (SSSR count). The lowest BCUT2D eigenvalue weighted by Gasteiger charge is -2.25. The van der Waals surface area contributed by atoms with Crippen LogP contribution in [0.3, 0.4) is 0 Å². The summed E-state index contributed by atoms with van der Waals surface area (Å²) < 4.78 is 0. The molecule has 1 aromatic rings. The van der Waals surface area contributed by atoms with Crippen LogP contribution in [-0.2, 0) is 0 Å². The van der Waals surface area contributed by atoms with E-state index < -0.39 is 4.92 Å². The Morgan fingerprint density at radius 3 is 2.95 bits per heavy atom. The summed E-state index contributed by atoms with van der Waals surface area (Å²) in [5.74, 6) is 0.488. The summed E-state index contributed by atoms with van der Waals surface area (Å²) in [6.45, 7) is 2.35. The molecule has 1 heterocycles. The molecule has 0 radical (unpaired) electrons. The van der Waals surface area contributed by atoms with Gasteiger partial charge in [0.05, 0.1) is 4.92 Å². The summed E-state index contributed by atoms with van der Waals surface area (Å²) in [6.07, 6.45) is 3.73. The van der Waals surface area contributed by atoms with Gasteiger partial charge in [-0.05, 0) is 38.7 Å². The molecule has 1 amide bonds. The quantitative estimate of drug-likeness (QED) is 0.475. The Morgan fingerprint density at radius 2 is 2.29 bits per heavy atom. The first-order chi connectivity index (χ1) is 10.1. The number of carbonyl (C=O) groups excluding carboxylic acids is 1. The van der Waals surface area contributed by atoms with Gasteiger partial charge in [-0.15, -0.1) is 11.6 Å². The summed E-state index contributed by atoms with van der Waals surface area (Å²) in [5.41, 5.74) is 0.870. The largest absolute Gasteiger partial charge is 0.336 e. The average molecular weight is 311 g/mol. The molecule has 0 bridgehead atoms. The van der Waals surface area contributed by atoms with Crippen molar-refractivity contribution in [3.8, 4) is 0 Å². The second-order valence-corrected chi connectivity index (χ2v) is 5.71. The van der Waals surface area contributed by atoms with Crippen LogP contribution in [0.1, 0.15) is 41.6 Å². The topological polar surface area (TPSA) is 63.5 Å². The minimum Gasteiger partial charge on any atom is -0.336 e. The molecule has 0 spiro atoms. The highest BCUT2D eigenvalue weighted by Crippen LogP contribution is 2.27. The number of carbonyl (C=O) groups is 1. The fourth-order valence-corrected chi connectivity index (χ4v) is 3.08. The zero-order valence-electron chi connectivity index (χ0n) is 12.0. The van der Waals surface area contributed by atoms with E-state index in [1.54, 1.807) is 19.1 Å². The standard InChI is InChI=1S/C15H19ClN2O3/c1-11-13(7-2-8-14(11)18(20)21)15(19)17-10-4-6-12(17)5-3-9-16/h2,7-8,12H,3-6,9-10H2,1H3. The number of rotatable bonds is 5. The zero-order valence-corrected chi connectivity index (χ0v) is 12.8. The van der Waals surface area contributed by atoms with Crippen LogP contribution in [0.4, 0.5) is 5.69 Å². The van der Waals surface area contributed by atoms with Crippen molar-refractivity contribution in [1.29, 1.82) is 0 Å². The predicted octanol–water partition coefficient (Wildman–Crippen LogP) is 3.53. The molecule has 1 unspecified atom stereocenters. The normalized spacial score (nSPS) is 18.0. The van der Waals surface area contributed by atoms with Gasteiger partial charge in [0.25, 0.3) is 11.6 Å². The molecule has 1 aliphatic rings. The van der Waals surface area contributed by atoms with Crippen molar-refractivity contribution in [3.05, 3.63) is 39.4 Å². The Balaban J connectivity index is 2.23. The summed E-state index contributed by atoms with van der Waals surface area (Å²) >= 11 is 5.73. The molecular weight excluding hydrogens is 292 g/mol. The summed E-state index contributed by atoms with van der Waals surface area (Å²) in [5, 5.41) is 11.0. The molecule has 0 saturated carbocycles. The minimum atomic E-state index is -0.443. The SMILES string of the molecule is Cc1c(C(=O)N2CCCC2CCCCl)cccc1[N+](=O)[O-]. The van der Waals surface area contributed by atoms with Crippen molar-refractivity contribution in [2.75, 3.05) is 12.4 Å². The summed E-state index contributed by atoms with van der Waals surface area (Å²) in [7, 11) is 0. The number of amides is 1. The third-order valence-electron chi connectivity index (χ3n) is 4.04. The first-order valence-corrected chi connectivity index (χ1v) is 7.70. The molecule has 114 valence electrons. The van der Waals surface area contributed by atoms with Crippen LogP contribution in [0.15, 0.2) is 18.2 Å². The van der Waals surface area contributed by atoms with Gasteiger partial charge in [-0.25, -0.2) is 0 Å². The van der Waals surface area contributed by atoms with Crippen LogP contribution < -0.4 is 0 Å². The van der Waals surface area contributed by atoms with Gasteiger partial charge in [0.2, 0.25) is 0 Å². The molecule has 1 aliphatic heterocycles. The maximum atomic E-state index is 12.7. The monoisotopic (exact) mass is 310 g/mol. The number of likely N-dealkylation sites (tertiary alicyclic amines) is 1. The highest BCUT2D eigenvalue weighted by Gasteiger charge is 2.30. The van der Waals surface area contributed by atoms with Crippen LogP contribution in [-0.4, -0.2) is 34.2 Å². The molecular formula is C15H19ClN2O3. The number of hydrogen-bond acceptors (Lipinski definition) is 3. The number of halogens is 1. The molecule has 6 heteroatoms. The second-order valence-electron chi connectivity index (χ2n) is 5.33. The number of benzene rings is 1. The lowest BCUT2D eigenvalue weighted by atomic mass is 10.0. The van der Waals surface area contributed by atoms with E-state index in [-0.39, 0.29) is 17.6 Å². The van der Waals surface area contributed by atoms with Gasteiger partial charge in [0.15, 0.2) is 0 Å². The number of nitro benzene ring substituents is 1. The van der Waals surface area contributed by atoms with Gasteiger partial charge in [-0.2, -0.15) is 0 Å². The van der Waals surface area contributed by atoms with Crippen LogP contribution >= 0.6 is 11.6 Å². The van der Waals surface area contributed by atoms with E-state index in [1.165, 1.54) is 6.07 Å². The third-order valence-corrected chi connectivity index (χ3v) is 4.31. The predicted molar refractivity (Wildman–Crippen MR) is 81.8 cm³/mol. The number of nitro groups is 1. The summed E-state index contributed by atoms with van der Waals surface area (Å²) in [6, 6.07) is 4.88. The lowest BCUT2D eigenvalue weighted by Crippen LogP contribution is -2.36. The van der Waals surface area contributed by atoms with Crippen molar-refractivity contribution in [2.24, 2.45) is 0 Å². The minimum absolute atomic E-state index is 0.00245. The van der Waals surface area contributed by atoms with Crippen LogP contribution in [0.25, 0.3) is 0 Å². The van der Waals surface area contributed by atoms with Gasteiger partial charge in [-0.3, -0.25) is 14.9 Å². The van der Waals surface area contributed by atoms with E-state index in [4.69, 9.17) is 11.6 Å². The van der Waals surface area contributed by atoms with Gasteiger partial charge in [-0.1, -0.05) is 6.07 Å². The maximum absolute atomic E-state index is 12.7. The van der Waals surface area contributed by atoms with E-state index in [2.05, 4.69) is 0 Å². The van der Waals surface area contributed by atoms with Crippen molar-refractivity contribution in [3.63, 3.8) is 0 Å². The van der Waals surface area contributed by atoms with Crippen LogP contribution in [0, 0.1) is 17.0 Å². The highest BCUT2D eigenvalue weighted by molar-refractivity contribution is 6.17. The van der Waals surface area contributed by atoms with Crippen LogP contribution in [0.2, 0.25) is 0 Å². The molecule has 1 aromatic carbocycles. The lowest BCUT2D eigenvalue weighted by molar-refractivity contribution is -0.385. The van der Waals surface area contributed by atoms with Crippen LogP contribution in [0.5, 0.6) is 0 Å². The Hall–Kier alpha value is -1.62. The van der Waals surface area contributed by atoms with Gasteiger partial charge < -0.3 is 4.90 Å². The zero-order chi connectivity index (χ0) is 15.4.